The van der Waals surface area contributed by atoms with Gasteiger partial charge in [-0.05, 0) is 48.4 Å². The summed E-state index contributed by atoms with van der Waals surface area (Å²) in [7, 11) is 0. The van der Waals surface area contributed by atoms with Gasteiger partial charge < -0.3 is 20.4 Å². The predicted molar refractivity (Wildman–Crippen MR) is 106 cm³/mol. The maximum atomic E-state index is 12.4. The molecule has 1 fully saturated rings. The van der Waals surface area contributed by atoms with E-state index in [1.165, 1.54) is 12.1 Å². The summed E-state index contributed by atoms with van der Waals surface area (Å²) in [5.74, 6) is -0.763. The molecule has 1 atom stereocenters. The Bertz CT molecular complexity index is 784. The van der Waals surface area contributed by atoms with Gasteiger partial charge in [-0.2, -0.15) is 0 Å². The second kappa shape index (κ2) is 9.37. The molecule has 3 rings (SSSR count). The molecule has 0 saturated carbocycles. The van der Waals surface area contributed by atoms with Crippen LogP contribution in [0.5, 0.6) is 0 Å². The van der Waals surface area contributed by atoms with E-state index in [1.54, 1.807) is 17.0 Å². The lowest BCUT2D eigenvalue weighted by Crippen LogP contribution is -2.46. The number of carboxylic acid groups (broad SMARTS) is 1. The number of rotatable bonds is 6. The summed E-state index contributed by atoms with van der Waals surface area (Å²) in [5.41, 5.74) is 2.21. The number of likely N-dealkylation sites (tertiary alicyclic amines) is 1. The van der Waals surface area contributed by atoms with E-state index in [-0.39, 0.29) is 23.6 Å². The highest BCUT2D eigenvalue weighted by molar-refractivity contribution is 5.87. The van der Waals surface area contributed by atoms with E-state index >= 15 is 0 Å². The van der Waals surface area contributed by atoms with Crippen molar-refractivity contribution in [3.8, 4) is 0 Å². The molecular weight excluding hydrogens is 356 g/mol. The minimum atomic E-state index is -0.965. The fourth-order valence-electron chi connectivity index (χ4n) is 3.56. The van der Waals surface area contributed by atoms with Crippen molar-refractivity contribution in [1.29, 1.82) is 0 Å². The Morgan fingerprint density at radius 2 is 1.64 bits per heavy atom. The second-order valence-corrected chi connectivity index (χ2v) is 7.24. The molecule has 0 aliphatic carbocycles. The van der Waals surface area contributed by atoms with E-state index in [0.29, 0.717) is 26.1 Å². The standard InChI is InChI=1S/C22H26N2O4/c25-20(14-16-4-2-1-3-5-16)18-10-12-24(13-11-18)22(28)23-15-17-6-8-19(9-7-17)21(26)27/h1-9,18,20,25H,10-15H2,(H,23,28)(H,26,27)/t20-/m0/s1. The van der Waals surface area contributed by atoms with Crippen LogP contribution in [0.3, 0.4) is 0 Å². The summed E-state index contributed by atoms with van der Waals surface area (Å²) < 4.78 is 0. The predicted octanol–water partition coefficient (Wildman–Crippen LogP) is 2.91. The van der Waals surface area contributed by atoms with Gasteiger partial charge in [0.1, 0.15) is 0 Å². The third-order valence-electron chi connectivity index (χ3n) is 5.30. The molecule has 0 unspecified atom stereocenters. The lowest BCUT2D eigenvalue weighted by atomic mass is 9.88. The van der Waals surface area contributed by atoms with Crippen LogP contribution in [-0.4, -0.2) is 46.3 Å². The molecule has 0 spiro atoms. The number of carbonyl (C=O) groups excluding carboxylic acids is 1. The van der Waals surface area contributed by atoms with Crippen LogP contribution >= 0.6 is 0 Å². The number of aromatic carboxylic acids is 1. The fourth-order valence-corrected chi connectivity index (χ4v) is 3.56. The Morgan fingerprint density at radius 3 is 2.25 bits per heavy atom. The molecule has 6 nitrogen and oxygen atoms in total. The average Bonchev–Trinajstić information content (AvgIpc) is 2.73. The SMILES string of the molecule is O=C(O)c1ccc(CNC(=O)N2CCC([C@@H](O)Cc3ccccc3)CC2)cc1. The number of urea groups is 1. The zero-order valence-corrected chi connectivity index (χ0v) is 15.8. The van der Waals surface area contributed by atoms with Crippen LogP contribution in [0.15, 0.2) is 54.6 Å². The van der Waals surface area contributed by atoms with Crippen molar-refractivity contribution in [2.24, 2.45) is 5.92 Å². The molecule has 1 saturated heterocycles. The summed E-state index contributed by atoms with van der Waals surface area (Å²) in [5, 5.41) is 22.3. The average molecular weight is 382 g/mol. The molecule has 28 heavy (non-hydrogen) atoms. The van der Waals surface area contributed by atoms with Crippen molar-refractivity contribution in [3.05, 3.63) is 71.3 Å². The monoisotopic (exact) mass is 382 g/mol. The highest BCUT2D eigenvalue weighted by atomic mass is 16.4. The molecule has 2 amide bonds. The molecule has 6 heteroatoms. The van der Waals surface area contributed by atoms with Crippen molar-refractivity contribution in [2.75, 3.05) is 13.1 Å². The van der Waals surface area contributed by atoms with E-state index in [0.717, 1.165) is 24.0 Å². The van der Waals surface area contributed by atoms with Gasteiger partial charge in [-0.1, -0.05) is 42.5 Å². The van der Waals surface area contributed by atoms with E-state index in [4.69, 9.17) is 5.11 Å². The maximum absolute atomic E-state index is 12.4. The van der Waals surface area contributed by atoms with Gasteiger partial charge in [0, 0.05) is 19.6 Å². The van der Waals surface area contributed by atoms with E-state index < -0.39 is 5.97 Å². The molecule has 0 radical (unpaired) electrons. The summed E-state index contributed by atoms with van der Waals surface area (Å²) in [6.45, 7) is 1.61. The number of aliphatic hydroxyl groups excluding tert-OH is 1. The fraction of sp³-hybridized carbons (Fsp3) is 0.364. The number of amides is 2. The highest BCUT2D eigenvalue weighted by Gasteiger charge is 2.27. The third-order valence-corrected chi connectivity index (χ3v) is 5.30. The Balaban J connectivity index is 1.42. The normalized spacial score (nSPS) is 15.8. The Labute approximate surface area is 164 Å². The first-order valence-corrected chi connectivity index (χ1v) is 9.60. The van der Waals surface area contributed by atoms with Gasteiger partial charge in [-0.15, -0.1) is 0 Å². The molecule has 1 heterocycles. The molecule has 148 valence electrons. The number of carbonyl (C=O) groups is 2. The van der Waals surface area contributed by atoms with E-state index in [2.05, 4.69) is 5.32 Å². The number of piperidine rings is 1. The molecule has 1 aliphatic rings. The number of nitrogens with one attached hydrogen (secondary N) is 1. The smallest absolute Gasteiger partial charge is 0.335 e. The van der Waals surface area contributed by atoms with Gasteiger partial charge in [0.25, 0.3) is 0 Å². The van der Waals surface area contributed by atoms with Crippen LogP contribution in [0.2, 0.25) is 0 Å². The van der Waals surface area contributed by atoms with Crippen LogP contribution < -0.4 is 5.32 Å². The van der Waals surface area contributed by atoms with Crippen molar-refractivity contribution in [1.82, 2.24) is 10.2 Å². The summed E-state index contributed by atoms with van der Waals surface area (Å²) in [6, 6.07) is 16.3. The molecule has 2 aromatic carbocycles. The number of aliphatic hydroxyl groups is 1. The Kier molecular flexibility index (Phi) is 6.66. The summed E-state index contributed by atoms with van der Waals surface area (Å²) >= 11 is 0. The summed E-state index contributed by atoms with van der Waals surface area (Å²) in [6.07, 6.45) is 1.83. The molecule has 0 bridgehead atoms. The highest BCUT2D eigenvalue weighted by Crippen LogP contribution is 2.23. The molecule has 3 N–H and O–H groups in total. The summed E-state index contributed by atoms with van der Waals surface area (Å²) in [4.78, 5) is 25.0. The minimum Gasteiger partial charge on any atom is -0.478 e. The van der Waals surface area contributed by atoms with Gasteiger partial charge in [0.2, 0.25) is 0 Å². The number of hydrogen-bond donors (Lipinski definition) is 3. The van der Waals surface area contributed by atoms with E-state index in [9.17, 15) is 14.7 Å². The molecule has 2 aromatic rings. The number of nitrogens with zero attached hydrogens (tertiary/aromatic N) is 1. The number of hydrogen-bond acceptors (Lipinski definition) is 3. The van der Waals surface area contributed by atoms with E-state index in [1.807, 2.05) is 30.3 Å². The molecular formula is C22H26N2O4. The van der Waals surface area contributed by atoms with Gasteiger partial charge in [0.05, 0.1) is 11.7 Å². The van der Waals surface area contributed by atoms with Gasteiger partial charge in [-0.25, -0.2) is 9.59 Å². The Morgan fingerprint density at radius 1 is 1.00 bits per heavy atom. The molecule has 0 aromatic heterocycles. The zero-order chi connectivity index (χ0) is 19.9. The third kappa shape index (κ3) is 5.33. The van der Waals surface area contributed by atoms with Crippen molar-refractivity contribution < 1.29 is 19.8 Å². The van der Waals surface area contributed by atoms with Gasteiger partial charge in [0.15, 0.2) is 0 Å². The van der Waals surface area contributed by atoms with Crippen LogP contribution in [0.25, 0.3) is 0 Å². The lowest BCUT2D eigenvalue weighted by molar-refractivity contribution is 0.0671. The van der Waals surface area contributed by atoms with Gasteiger partial charge in [-0.3, -0.25) is 0 Å². The Hall–Kier alpha value is -2.86. The number of benzene rings is 2. The first-order chi connectivity index (χ1) is 13.5. The van der Waals surface area contributed by atoms with Gasteiger partial charge >= 0.3 is 12.0 Å². The first-order valence-electron chi connectivity index (χ1n) is 9.60. The lowest BCUT2D eigenvalue weighted by Gasteiger charge is -2.34. The van der Waals surface area contributed by atoms with Crippen molar-refractivity contribution >= 4 is 12.0 Å². The molecule has 1 aliphatic heterocycles. The van der Waals surface area contributed by atoms with Crippen molar-refractivity contribution in [3.63, 3.8) is 0 Å². The van der Waals surface area contributed by atoms with Crippen molar-refractivity contribution in [2.45, 2.75) is 31.9 Å². The van der Waals surface area contributed by atoms with Crippen LogP contribution in [-0.2, 0) is 13.0 Å². The quantitative estimate of drug-likeness (QED) is 0.717. The topological polar surface area (TPSA) is 89.9 Å². The first kappa shape index (κ1) is 19.9. The maximum Gasteiger partial charge on any atom is 0.335 e. The van der Waals surface area contributed by atoms with Crippen LogP contribution in [0.4, 0.5) is 4.79 Å². The largest absolute Gasteiger partial charge is 0.478 e. The zero-order valence-electron chi connectivity index (χ0n) is 15.8. The van der Waals surface area contributed by atoms with Crippen LogP contribution in [0.1, 0.15) is 34.3 Å². The minimum absolute atomic E-state index is 0.127. The number of carboxylic acids is 1. The second-order valence-electron chi connectivity index (χ2n) is 7.24. The van der Waals surface area contributed by atoms with Crippen LogP contribution in [0, 0.1) is 5.92 Å².